The first kappa shape index (κ1) is 15.8. The lowest BCUT2D eigenvalue weighted by Gasteiger charge is -2.05. The maximum Gasteiger partial charge on any atom is 0.376 e. The number of esters is 1. The van der Waals surface area contributed by atoms with E-state index in [4.69, 9.17) is 4.74 Å². The van der Waals surface area contributed by atoms with Crippen LogP contribution in [0.15, 0.2) is 41.8 Å². The van der Waals surface area contributed by atoms with E-state index in [1.807, 2.05) is 11.4 Å². The maximum absolute atomic E-state index is 12.2. The lowest BCUT2D eigenvalue weighted by Crippen LogP contribution is -2.14. The smallest absolute Gasteiger partial charge is 0.376 e. The summed E-state index contributed by atoms with van der Waals surface area (Å²) in [4.78, 5) is 27.9. The van der Waals surface area contributed by atoms with Gasteiger partial charge in [0.25, 0.3) is 5.69 Å². The fourth-order valence-electron chi connectivity index (χ4n) is 2.12. The first-order valence-corrected chi connectivity index (χ1v) is 7.91. The maximum atomic E-state index is 12.2. The third kappa shape index (κ3) is 2.88. The Hall–Kier alpha value is -3.07. The van der Waals surface area contributed by atoms with Crippen LogP contribution in [-0.2, 0) is 4.74 Å². The zero-order valence-corrected chi connectivity index (χ0v) is 13.4. The molecule has 0 atom stereocenters. The van der Waals surface area contributed by atoms with Gasteiger partial charge in [-0.3, -0.25) is 10.1 Å². The van der Waals surface area contributed by atoms with Crippen molar-refractivity contribution < 1.29 is 14.5 Å². The Balaban J connectivity index is 2.19. The van der Waals surface area contributed by atoms with Crippen molar-refractivity contribution >= 4 is 23.0 Å². The molecule has 0 aliphatic carbocycles. The Morgan fingerprint density at radius 2 is 2.12 bits per heavy atom. The van der Waals surface area contributed by atoms with Crippen LogP contribution >= 0.6 is 11.3 Å². The number of rotatable bonds is 5. The second kappa shape index (κ2) is 6.59. The van der Waals surface area contributed by atoms with Crippen LogP contribution in [0.25, 0.3) is 16.4 Å². The average molecular weight is 344 g/mol. The number of nitro benzene ring substituents is 1. The highest BCUT2D eigenvalue weighted by Crippen LogP contribution is 2.27. The minimum absolute atomic E-state index is 0.102. The van der Waals surface area contributed by atoms with Crippen LogP contribution in [0.5, 0.6) is 0 Å². The normalized spacial score (nSPS) is 10.5. The Morgan fingerprint density at radius 1 is 1.33 bits per heavy atom. The van der Waals surface area contributed by atoms with Crippen LogP contribution in [0, 0.1) is 10.1 Å². The summed E-state index contributed by atoms with van der Waals surface area (Å²) in [6, 6.07) is 9.66. The molecule has 0 radical (unpaired) electrons. The topological polar surface area (TPSA) is 100 Å². The van der Waals surface area contributed by atoms with E-state index in [9.17, 15) is 14.9 Å². The number of nitrogens with zero attached hydrogens (tertiary/aromatic N) is 4. The predicted molar refractivity (Wildman–Crippen MR) is 87.3 cm³/mol. The molecular formula is C15H12N4O4S. The van der Waals surface area contributed by atoms with Crippen molar-refractivity contribution in [3.63, 3.8) is 0 Å². The summed E-state index contributed by atoms with van der Waals surface area (Å²) in [5, 5.41) is 17.4. The van der Waals surface area contributed by atoms with Gasteiger partial charge in [-0.1, -0.05) is 18.2 Å². The van der Waals surface area contributed by atoms with Gasteiger partial charge in [-0.25, -0.2) is 4.79 Å². The number of para-hydroxylation sites is 2. The Labute approximate surface area is 140 Å². The van der Waals surface area contributed by atoms with Gasteiger partial charge in [-0.2, -0.15) is 9.67 Å². The Morgan fingerprint density at radius 3 is 2.79 bits per heavy atom. The summed E-state index contributed by atoms with van der Waals surface area (Å²) in [5.41, 5.74) is -0.0217. The summed E-state index contributed by atoms with van der Waals surface area (Å²) >= 11 is 1.40. The van der Waals surface area contributed by atoms with Crippen LogP contribution in [0.3, 0.4) is 0 Å². The van der Waals surface area contributed by atoms with Crippen LogP contribution < -0.4 is 0 Å². The van der Waals surface area contributed by atoms with Gasteiger partial charge in [0.1, 0.15) is 5.69 Å². The summed E-state index contributed by atoms with van der Waals surface area (Å²) in [5.74, 6) is -0.480. The molecule has 3 rings (SSSR count). The molecule has 1 aromatic carbocycles. The Bertz CT molecular complexity index is 889. The Kier molecular flexibility index (Phi) is 4.34. The number of carbonyl (C=O) groups excluding carboxylic acids is 1. The van der Waals surface area contributed by atoms with Gasteiger partial charge in [0, 0.05) is 6.07 Å². The largest absolute Gasteiger partial charge is 0.460 e. The molecule has 2 heterocycles. The lowest BCUT2D eigenvalue weighted by molar-refractivity contribution is -0.384. The number of ether oxygens (including phenoxy) is 1. The lowest BCUT2D eigenvalue weighted by atomic mass is 10.2. The first-order chi connectivity index (χ1) is 11.6. The van der Waals surface area contributed by atoms with E-state index < -0.39 is 10.9 Å². The molecular weight excluding hydrogens is 332 g/mol. The molecule has 0 aliphatic heterocycles. The van der Waals surface area contributed by atoms with Gasteiger partial charge in [0.05, 0.1) is 16.4 Å². The van der Waals surface area contributed by atoms with Crippen molar-refractivity contribution in [1.82, 2.24) is 14.8 Å². The molecule has 9 heteroatoms. The minimum Gasteiger partial charge on any atom is -0.460 e. The number of hydrogen-bond donors (Lipinski definition) is 0. The number of benzene rings is 1. The number of aromatic nitrogens is 3. The summed E-state index contributed by atoms with van der Waals surface area (Å²) in [6.07, 6.45) is 0. The summed E-state index contributed by atoms with van der Waals surface area (Å²) in [6.45, 7) is 1.83. The van der Waals surface area contributed by atoms with Gasteiger partial charge in [0.15, 0.2) is 5.82 Å². The molecule has 0 spiro atoms. The summed E-state index contributed by atoms with van der Waals surface area (Å²) < 4.78 is 6.15. The number of nitro groups is 1. The molecule has 24 heavy (non-hydrogen) atoms. The fourth-order valence-corrected chi connectivity index (χ4v) is 2.77. The molecule has 0 N–H and O–H groups in total. The van der Waals surface area contributed by atoms with Gasteiger partial charge in [-0.15, -0.1) is 16.4 Å². The third-order valence-corrected chi connectivity index (χ3v) is 3.98. The van der Waals surface area contributed by atoms with Crippen LogP contribution in [0.2, 0.25) is 0 Å². The van der Waals surface area contributed by atoms with E-state index >= 15 is 0 Å². The zero-order chi connectivity index (χ0) is 17.1. The van der Waals surface area contributed by atoms with E-state index in [0.29, 0.717) is 5.82 Å². The van der Waals surface area contributed by atoms with Crippen molar-refractivity contribution in [3.05, 3.63) is 57.7 Å². The van der Waals surface area contributed by atoms with Crippen molar-refractivity contribution in [1.29, 1.82) is 0 Å². The third-order valence-electron chi connectivity index (χ3n) is 3.11. The monoisotopic (exact) mass is 344 g/mol. The highest BCUT2D eigenvalue weighted by atomic mass is 32.1. The number of thiophene rings is 1. The van der Waals surface area contributed by atoms with Crippen LogP contribution in [0.4, 0.5) is 5.69 Å². The molecule has 3 aromatic rings. The van der Waals surface area contributed by atoms with E-state index in [1.165, 1.54) is 23.5 Å². The quantitative estimate of drug-likeness (QED) is 0.400. The summed E-state index contributed by atoms with van der Waals surface area (Å²) in [7, 11) is 0. The molecule has 0 fully saturated rings. The molecule has 0 aliphatic rings. The SMILES string of the molecule is CCOC(=O)c1nc(-c2cccs2)nn1-c1ccccc1[N+](=O)[O-]. The van der Waals surface area contributed by atoms with Gasteiger partial charge < -0.3 is 4.74 Å². The van der Waals surface area contributed by atoms with E-state index in [-0.39, 0.29) is 23.8 Å². The molecule has 2 aromatic heterocycles. The average Bonchev–Trinajstić information content (AvgIpc) is 3.24. The fraction of sp³-hybridized carbons (Fsp3) is 0.133. The standard InChI is InChI=1S/C15H12N4O4S/c1-2-23-15(20)14-16-13(12-8-5-9-24-12)17-18(14)10-6-3-4-7-11(10)19(21)22/h3-9H,2H2,1H3. The van der Waals surface area contributed by atoms with Crippen molar-refractivity contribution in [2.24, 2.45) is 0 Å². The van der Waals surface area contributed by atoms with Crippen LogP contribution in [-0.4, -0.2) is 32.3 Å². The molecule has 0 bridgehead atoms. The molecule has 122 valence electrons. The second-order valence-corrected chi connectivity index (χ2v) is 5.56. The van der Waals surface area contributed by atoms with E-state index in [2.05, 4.69) is 10.1 Å². The van der Waals surface area contributed by atoms with Crippen molar-refractivity contribution in [2.75, 3.05) is 6.61 Å². The molecule has 0 saturated heterocycles. The van der Waals surface area contributed by atoms with Gasteiger partial charge in [-0.05, 0) is 24.4 Å². The highest BCUT2D eigenvalue weighted by Gasteiger charge is 2.25. The number of carbonyl (C=O) groups is 1. The zero-order valence-electron chi connectivity index (χ0n) is 12.6. The van der Waals surface area contributed by atoms with E-state index in [1.54, 1.807) is 25.1 Å². The molecule has 0 amide bonds. The number of hydrogen-bond acceptors (Lipinski definition) is 7. The van der Waals surface area contributed by atoms with Crippen molar-refractivity contribution in [2.45, 2.75) is 6.92 Å². The minimum atomic E-state index is -0.689. The highest BCUT2D eigenvalue weighted by molar-refractivity contribution is 7.13. The van der Waals surface area contributed by atoms with Gasteiger partial charge >= 0.3 is 5.97 Å². The van der Waals surface area contributed by atoms with Gasteiger partial charge in [0.2, 0.25) is 5.82 Å². The predicted octanol–water partition coefficient (Wildman–Crippen LogP) is 3.08. The van der Waals surface area contributed by atoms with Crippen LogP contribution in [0.1, 0.15) is 17.5 Å². The first-order valence-electron chi connectivity index (χ1n) is 7.03. The van der Waals surface area contributed by atoms with E-state index in [0.717, 1.165) is 9.56 Å². The molecule has 0 saturated carbocycles. The molecule has 8 nitrogen and oxygen atoms in total. The molecule has 0 unspecified atom stereocenters. The second-order valence-electron chi connectivity index (χ2n) is 4.61. The van der Waals surface area contributed by atoms with Crippen molar-refractivity contribution in [3.8, 4) is 16.4 Å².